The highest BCUT2D eigenvalue weighted by atomic mass is 16.5. The van der Waals surface area contributed by atoms with Gasteiger partial charge in [-0.3, -0.25) is 0 Å². The van der Waals surface area contributed by atoms with Crippen LogP contribution in [-0.4, -0.2) is 44.8 Å². The van der Waals surface area contributed by atoms with E-state index in [9.17, 15) is 9.90 Å². The highest BCUT2D eigenvalue weighted by Gasteiger charge is 2.40. The van der Waals surface area contributed by atoms with Crippen molar-refractivity contribution in [3.8, 4) is 0 Å². The van der Waals surface area contributed by atoms with Crippen LogP contribution in [0.15, 0.2) is 12.5 Å². The van der Waals surface area contributed by atoms with E-state index in [-0.39, 0.29) is 18.1 Å². The maximum atomic E-state index is 12.4. The minimum absolute atomic E-state index is 0.206. The summed E-state index contributed by atoms with van der Waals surface area (Å²) in [6.45, 7) is 2.11. The lowest BCUT2D eigenvalue weighted by atomic mass is 9.67. The van der Waals surface area contributed by atoms with Crippen LogP contribution in [0.25, 0.3) is 11.2 Å². The number of ether oxygens (including phenoxy) is 1. The van der Waals surface area contributed by atoms with Gasteiger partial charge in [0.15, 0.2) is 5.65 Å². The molecule has 2 unspecified atom stereocenters. The highest BCUT2D eigenvalue weighted by Crippen LogP contribution is 2.42. The fourth-order valence-corrected chi connectivity index (χ4v) is 4.52. The summed E-state index contributed by atoms with van der Waals surface area (Å²) in [4.78, 5) is 24.0. The zero-order valence-corrected chi connectivity index (χ0v) is 14.4. The van der Waals surface area contributed by atoms with Gasteiger partial charge in [0.05, 0.1) is 24.7 Å². The molecule has 2 saturated carbocycles. The number of hydrogen-bond donors (Lipinski definition) is 3. The molecular weight excluding hydrogens is 320 g/mol. The number of nitrogens with zero attached hydrogens (tertiary/aromatic N) is 2. The lowest BCUT2D eigenvalue weighted by Crippen LogP contribution is -2.46. The predicted molar refractivity (Wildman–Crippen MR) is 93.3 cm³/mol. The van der Waals surface area contributed by atoms with E-state index in [1.807, 2.05) is 0 Å². The van der Waals surface area contributed by atoms with Crippen molar-refractivity contribution in [1.29, 1.82) is 0 Å². The quantitative estimate of drug-likeness (QED) is 0.737. The molecule has 25 heavy (non-hydrogen) atoms. The summed E-state index contributed by atoms with van der Waals surface area (Å²) in [5.41, 5.74) is 2.47. The molecule has 2 bridgehead atoms. The van der Waals surface area contributed by atoms with E-state index >= 15 is 0 Å². The number of pyridine rings is 1. The van der Waals surface area contributed by atoms with E-state index in [4.69, 9.17) is 4.74 Å². The second-order valence-corrected chi connectivity index (χ2v) is 7.11. The number of carbonyl (C=O) groups is 1. The van der Waals surface area contributed by atoms with Crippen LogP contribution in [0.2, 0.25) is 0 Å². The Morgan fingerprint density at radius 2 is 2.12 bits per heavy atom. The number of aliphatic hydroxyl groups is 1. The Hall–Kier alpha value is -2.15. The molecule has 0 spiro atoms. The molecule has 0 aliphatic heterocycles. The third-order valence-electron chi connectivity index (χ3n) is 5.58. The van der Waals surface area contributed by atoms with Crippen molar-refractivity contribution < 1.29 is 14.6 Å². The summed E-state index contributed by atoms with van der Waals surface area (Å²) in [5, 5.41) is 13.7. The molecule has 0 saturated heterocycles. The van der Waals surface area contributed by atoms with E-state index in [0.717, 1.165) is 36.9 Å². The Morgan fingerprint density at radius 3 is 2.84 bits per heavy atom. The molecule has 2 aromatic heterocycles. The van der Waals surface area contributed by atoms with Crippen LogP contribution in [-0.2, 0) is 4.74 Å². The first-order chi connectivity index (χ1) is 12.2. The minimum atomic E-state index is -0.380. The van der Waals surface area contributed by atoms with Crippen molar-refractivity contribution in [2.24, 2.45) is 11.8 Å². The third-order valence-corrected chi connectivity index (χ3v) is 5.58. The van der Waals surface area contributed by atoms with Crippen LogP contribution in [0.1, 0.15) is 49.4 Å². The monoisotopic (exact) mass is 344 g/mol. The molecule has 2 fully saturated rings. The molecule has 7 heteroatoms. The molecule has 134 valence electrons. The maximum Gasteiger partial charge on any atom is 0.341 e. The van der Waals surface area contributed by atoms with Gasteiger partial charge in [-0.25, -0.2) is 14.8 Å². The zero-order chi connectivity index (χ0) is 17.4. The molecule has 3 N–H and O–H groups in total. The first-order valence-electron chi connectivity index (χ1n) is 9.11. The average molecular weight is 344 g/mol. The van der Waals surface area contributed by atoms with Gasteiger partial charge < -0.3 is 20.1 Å². The maximum absolute atomic E-state index is 12.4. The first-order valence-corrected chi connectivity index (χ1v) is 9.11. The van der Waals surface area contributed by atoms with Crippen LogP contribution in [0.5, 0.6) is 0 Å². The van der Waals surface area contributed by atoms with Crippen LogP contribution in [0, 0.1) is 11.8 Å². The molecule has 2 aliphatic rings. The molecule has 2 aromatic rings. The number of H-pyrrole nitrogens is 1. The Bertz CT molecular complexity index is 761. The number of anilines is 1. The van der Waals surface area contributed by atoms with E-state index < -0.39 is 0 Å². The Balaban J connectivity index is 1.71. The zero-order valence-electron chi connectivity index (χ0n) is 14.4. The third kappa shape index (κ3) is 2.97. The van der Waals surface area contributed by atoms with Crippen molar-refractivity contribution in [2.75, 3.05) is 11.9 Å². The van der Waals surface area contributed by atoms with Crippen LogP contribution < -0.4 is 5.32 Å². The van der Waals surface area contributed by atoms with Gasteiger partial charge in [0, 0.05) is 12.2 Å². The average Bonchev–Trinajstić information content (AvgIpc) is 3.05. The SMILES string of the molecule is CCOC(=O)c1cnc2nc[nH]c2c1NC1[C@@H]2CCC[C@H]1CC(O)C2. The van der Waals surface area contributed by atoms with Crippen LogP contribution in [0.3, 0.4) is 0 Å². The van der Waals surface area contributed by atoms with Crippen molar-refractivity contribution >= 4 is 22.8 Å². The fraction of sp³-hybridized carbons (Fsp3) is 0.611. The Labute approximate surface area is 146 Å². The van der Waals surface area contributed by atoms with Crippen molar-refractivity contribution in [1.82, 2.24) is 15.0 Å². The Morgan fingerprint density at radius 1 is 1.36 bits per heavy atom. The molecule has 2 aliphatic carbocycles. The van der Waals surface area contributed by atoms with Gasteiger partial charge in [0.1, 0.15) is 11.1 Å². The molecule has 0 radical (unpaired) electrons. The summed E-state index contributed by atoms with van der Waals surface area (Å²) in [5.74, 6) is 0.461. The minimum Gasteiger partial charge on any atom is -0.462 e. The largest absolute Gasteiger partial charge is 0.462 e. The van der Waals surface area contributed by atoms with Gasteiger partial charge >= 0.3 is 5.97 Å². The van der Waals surface area contributed by atoms with Gasteiger partial charge in [-0.2, -0.15) is 0 Å². The summed E-state index contributed by atoms with van der Waals surface area (Å²) in [6.07, 6.45) is 7.98. The normalized spacial score (nSPS) is 28.7. The van der Waals surface area contributed by atoms with Crippen molar-refractivity contribution in [3.05, 3.63) is 18.1 Å². The number of esters is 1. The standard InChI is InChI=1S/C18H24N4O3/c1-2-25-18(24)13-8-19-17-16(20-9-21-17)15(13)22-14-10-4-3-5-11(14)7-12(23)6-10/h8-12,14,23H,2-7H2,1H3,(H2,19,20,21,22)/t10-,11+,12?,14?. The van der Waals surface area contributed by atoms with Gasteiger partial charge in [-0.15, -0.1) is 0 Å². The van der Waals surface area contributed by atoms with E-state index in [1.54, 1.807) is 13.3 Å². The number of hydrogen-bond acceptors (Lipinski definition) is 6. The number of rotatable bonds is 4. The lowest BCUT2D eigenvalue weighted by molar-refractivity contribution is 0.0356. The lowest BCUT2D eigenvalue weighted by Gasteiger charge is -2.45. The molecule has 0 amide bonds. The van der Waals surface area contributed by atoms with Crippen LogP contribution in [0.4, 0.5) is 5.69 Å². The second kappa shape index (κ2) is 6.63. The predicted octanol–water partition coefficient (Wildman–Crippen LogP) is 2.49. The van der Waals surface area contributed by atoms with E-state index in [0.29, 0.717) is 29.7 Å². The van der Waals surface area contributed by atoms with Gasteiger partial charge in [0.25, 0.3) is 0 Å². The van der Waals surface area contributed by atoms with Gasteiger partial charge in [-0.1, -0.05) is 6.42 Å². The first kappa shape index (κ1) is 16.3. The molecule has 2 heterocycles. The topological polar surface area (TPSA) is 100 Å². The Kier molecular flexibility index (Phi) is 4.33. The van der Waals surface area contributed by atoms with Gasteiger partial charge in [-0.05, 0) is 44.4 Å². The fourth-order valence-electron chi connectivity index (χ4n) is 4.52. The number of nitrogens with one attached hydrogen (secondary N) is 2. The van der Waals surface area contributed by atoms with Crippen molar-refractivity contribution in [2.45, 2.75) is 51.2 Å². The smallest absolute Gasteiger partial charge is 0.341 e. The number of aliphatic hydroxyl groups excluding tert-OH is 1. The molecular formula is C18H24N4O3. The van der Waals surface area contributed by atoms with E-state index in [2.05, 4.69) is 20.3 Å². The van der Waals surface area contributed by atoms with Crippen LogP contribution >= 0.6 is 0 Å². The number of aromatic nitrogens is 3. The molecule has 4 rings (SSSR count). The van der Waals surface area contributed by atoms with Gasteiger partial charge in [0.2, 0.25) is 0 Å². The molecule has 0 aromatic carbocycles. The summed E-state index contributed by atoms with van der Waals surface area (Å²) in [7, 11) is 0. The number of carbonyl (C=O) groups excluding carboxylic acids is 1. The second-order valence-electron chi connectivity index (χ2n) is 7.11. The van der Waals surface area contributed by atoms with Crippen molar-refractivity contribution in [3.63, 3.8) is 0 Å². The number of imidazole rings is 1. The highest BCUT2D eigenvalue weighted by molar-refractivity contribution is 6.02. The summed E-state index contributed by atoms with van der Waals surface area (Å²) in [6, 6.07) is 0.249. The number of fused-ring (bicyclic) bond motifs is 3. The number of aromatic amines is 1. The summed E-state index contributed by atoms with van der Waals surface area (Å²) >= 11 is 0. The molecule has 4 atom stereocenters. The summed E-state index contributed by atoms with van der Waals surface area (Å²) < 4.78 is 5.20. The van der Waals surface area contributed by atoms with E-state index in [1.165, 1.54) is 12.6 Å². The molecule has 7 nitrogen and oxygen atoms in total.